The Bertz CT molecular complexity index is 1070. The minimum absolute atomic E-state index is 0.0349. The van der Waals surface area contributed by atoms with Crippen molar-refractivity contribution in [1.82, 2.24) is 0 Å². The third-order valence-corrected chi connectivity index (χ3v) is 5.85. The maximum Gasteiger partial charge on any atom is 0.338 e. The Hall–Kier alpha value is -3.53. The molecule has 1 heterocycles. The lowest BCUT2D eigenvalue weighted by Gasteiger charge is -2.15. The van der Waals surface area contributed by atoms with Crippen LogP contribution in [0.25, 0.3) is 0 Å². The number of anilines is 1. The van der Waals surface area contributed by atoms with Crippen molar-refractivity contribution in [3.05, 3.63) is 65.5 Å². The number of carbonyl (C=O) groups is 5. The molecule has 172 valence electrons. The van der Waals surface area contributed by atoms with Crippen molar-refractivity contribution in [1.29, 1.82) is 0 Å². The van der Waals surface area contributed by atoms with E-state index < -0.39 is 47.2 Å². The Kier molecular flexibility index (Phi) is 7.94. The zero-order valence-electron chi connectivity index (χ0n) is 17.6. The number of amides is 2. The van der Waals surface area contributed by atoms with Crippen LogP contribution in [-0.2, 0) is 23.9 Å². The number of nitrogens with zero attached hydrogens (tertiary/aromatic N) is 1. The predicted octanol–water partition coefficient (Wildman–Crippen LogP) is 2.79. The summed E-state index contributed by atoms with van der Waals surface area (Å²) in [6.45, 7) is 1.39. The number of ether oxygens (including phenoxy) is 2. The fraction of sp³-hybridized carbons (Fsp3) is 0.261. The number of hydrogen-bond acceptors (Lipinski definition) is 8. The topological polar surface area (TPSA) is 107 Å². The van der Waals surface area contributed by atoms with Gasteiger partial charge in [-0.3, -0.25) is 19.2 Å². The van der Waals surface area contributed by atoms with Crippen LogP contribution in [0.5, 0.6) is 0 Å². The molecule has 0 radical (unpaired) electrons. The smallest absolute Gasteiger partial charge is 0.338 e. The van der Waals surface area contributed by atoms with Crippen molar-refractivity contribution in [2.45, 2.75) is 18.6 Å². The van der Waals surface area contributed by atoms with E-state index in [-0.39, 0.29) is 35.6 Å². The molecule has 33 heavy (non-hydrogen) atoms. The first-order valence-electron chi connectivity index (χ1n) is 10.00. The van der Waals surface area contributed by atoms with Gasteiger partial charge in [0.15, 0.2) is 12.4 Å². The number of carbonyl (C=O) groups excluding carboxylic acids is 5. The van der Waals surface area contributed by atoms with E-state index in [2.05, 4.69) is 0 Å². The van der Waals surface area contributed by atoms with E-state index in [1.807, 2.05) is 0 Å². The number of thioether (sulfide) groups is 1. The average Bonchev–Trinajstić information content (AvgIpc) is 3.09. The molecule has 1 aliphatic rings. The SMILES string of the molecule is CCOC(=O)CSC1CC(=O)N(c2ccc(C(=O)OCC(=O)c3ccc(F)cc3)cc2)C1=O. The van der Waals surface area contributed by atoms with Gasteiger partial charge in [-0.2, -0.15) is 0 Å². The fourth-order valence-corrected chi connectivity index (χ4v) is 3.99. The number of benzene rings is 2. The number of imide groups is 1. The first kappa shape index (κ1) is 24.1. The van der Waals surface area contributed by atoms with Crippen molar-refractivity contribution < 1.29 is 37.8 Å². The molecule has 10 heteroatoms. The molecule has 3 rings (SSSR count). The summed E-state index contributed by atoms with van der Waals surface area (Å²) in [5.41, 5.74) is 0.613. The third kappa shape index (κ3) is 6.04. The Labute approximate surface area is 193 Å². The highest BCUT2D eigenvalue weighted by molar-refractivity contribution is 8.01. The Balaban J connectivity index is 1.57. The minimum Gasteiger partial charge on any atom is -0.465 e. The molecule has 2 amide bonds. The number of rotatable bonds is 9. The van der Waals surface area contributed by atoms with E-state index in [0.29, 0.717) is 0 Å². The van der Waals surface area contributed by atoms with E-state index in [9.17, 15) is 28.4 Å². The van der Waals surface area contributed by atoms with Crippen molar-refractivity contribution in [3.8, 4) is 0 Å². The van der Waals surface area contributed by atoms with Crippen LogP contribution in [0.1, 0.15) is 34.1 Å². The van der Waals surface area contributed by atoms with Gasteiger partial charge < -0.3 is 9.47 Å². The van der Waals surface area contributed by atoms with Gasteiger partial charge in [-0.25, -0.2) is 14.1 Å². The minimum atomic E-state index is -0.765. The molecule has 0 N–H and O–H groups in total. The zero-order chi connectivity index (χ0) is 24.0. The van der Waals surface area contributed by atoms with Gasteiger partial charge in [-0.05, 0) is 55.5 Å². The van der Waals surface area contributed by atoms with Gasteiger partial charge in [-0.15, -0.1) is 11.8 Å². The molecule has 0 bridgehead atoms. The number of Topliss-reactive ketones (excluding diaryl/α,β-unsaturated/α-hetero) is 1. The molecule has 2 aromatic rings. The summed E-state index contributed by atoms with van der Waals surface area (Å²) in [4.78, 5) is 61.7. The summed E-state index contributed by atoms with van der Waals surface area (Å²) in [5, 5.41) is -0.691. The van der Waals surface area contributed by atoms with Crippen LogP contribution in [0.2, 0.25) is 0 Å². The van der Waals surface area contributed by atoms with Crippen molar-refractivity contribution in [3.63, 3.8) is 0 Å². The van der Waals surface area contributed by atoms with Crippen LogP contribution in [0.15, 0.2) is 48.5 Å². The van der Waals surface area contributed by atoms with Gasteiger partial charge in [0, 0.05) is 12.0 Å². The quantitative estimate of drug-likeness (QED) is 0.311. The Morgan fingerprint density at radius 1 is 1.00 bits per heavy atom. The summed E-state index contributed by atoms with van der Waals surface area (Å²) < 4.78 is 22.8. The first-order valence-corrected chi connectivity index (χ1v) is 11.0. The molecule has 0 saturated carbocycles. The fourth-order valence-electron chi connectivity index (χ4n) is 3.06. The van der Waals surface area contributed by atoms with Gasteiger partial charge in [0.25, 0.3) is 0 Å². The van der Waals surface area contributed by atoms with E-state index in [4.69, 9.17) is 9.47 Å². The summed E-state index contributed by atoms with van der Waals surface area (Å²) in [7, 11) is 0. The number of hydrogen-bond donors (Lipinski definition) is 0. The lowest BCUT2D eigenvalue weighted by atomic mass is 10.1. The standard InChI is InChI=1S/C23H20FNO7S/c1-2-31-21(28)13-33-19-11-20(27)25(22(19)29)17-9-5-15(6-10-17)23(30)32-12-18(26)14-3-7-16(24)8-4-14/h3-10,19H,2,11-13H2,1H3. The highest BCUT2D eigenvalue weighted by Crippen LogP contribution is 2.30. The largest absolute Gasteiger partial charge is 0.465 e. The van der Waals surface area contributed by atoms with Crippen LogP contribution in [0.3, 0.4) is 0 Å². The average molecular weight is 473 g/mol. The number of esters is 2. The predicted molar refractivity (Wildman–Crippen MR) is 117 cm³/mol. The second kappa shape index (κ2) is 10.9. The van der Waals surface area contributed by atoms with Crippen molar-refractivity contribution in [2.24, 2.45) is 0 Å². The lowest BCUT2D eigenvalue weighted by Crippen LogP contribution is -2.31. The highest BCUT2D eigenvalue weighted by Gasteiger charge is 2.40. The molecule has 0 aliphatic carbocycles. The maximum absolute atomic E-state index is 12.9. The molecule has 0 spiro atoms. The first-order chi connectivity index (χ1) is 15.8. The van der Waals surface area contributed by atoms with Gasteiger partial charge in [0.1, 0.15) is 5.82 Å². The number of ketones is 1. The van der Waals surface area contributed by atoms with Gasteiger partial charge in [-0.1, -0.05) is 0 Å². The monoisotopic (exact) mass is 473 g/mol. The van der Waals surface area contributed by atoms with E-state index in [1.165, 1.54) is 36.4 Å². The highest BCUT2D eigenvalue weighted by atomic mass is 32.2. The Morgan fingerprint density at radius 3 is 2.27 bits per heavy atom. The molecule has 0 aromatic heterocycles. The molecular weight excluding hydrogens is 453 g/mol. The summed E-state index contributed by atoms with van der Waals surface area (Å²) in [6.07, 6.45) is -0.0435. The molecule has 1 unspecified atom stereocenters. The molecule has 1 fully saturated rings. The van der Waals surface area contributed by atoms with Crippen LogP contribution in [-0.4, -0.2) is 53.8 Å². The zero-order valence-corrected chi connectivity index (χ0v) is 18.4. The summed E-state index contributed by atoms with van der Waals surface area (Å²) in [6, 6.07) is 10.5. The van der Waals surface area contributed by atoms with E-state index in [0.717, 1.165) is 28.8 Å². The van der Waals surface area contributed by atoms with Crippen LogP contribution in [0.4, 0.5) is 10.1 Å². The summed E-state index contributed by atoms with van der Waals surface area (Å²) in [5.74, 6) is -3.09. The molecule has 8 nitrogen and oxygen atoms in total. The number of halogens is 1. The van der Waals surface area contributed by atoms with Crippen LogP contribution >= 0.6 is 11.8 Å². The second-order valence-corrected chi connectivity index (χ2v) is 8.12. The van der Waals surface area contributed by atoms with Crippen LogP contribution in [0, 0.1) is 5.82 Å². The summed E-state index contributed by atoms with van der Waals surface area (Å²) >= 11 is 1.05. The molecular formula is C23H20FNO7S. The van der Waals surface area contributed by atoms with Gasteiger partial charge in [0.2, 0.25) is 11.8 Å². The van der Waals surface area contributed by atoms with Gasteiger partial charge >= 0.3 is 11.9 Å². The van der Waals surface area contributed by atoms with Gasteiger partial charge in [0.05, 0.1) is 28.9 Å². The van der Waals surface area contributed by atoms with Crippen molar-refractivity contribution >= 4 is 47.0 Å². The second-order valence-electron chi connectivity index (χ2n) is 6.93. The van der Waals surface area contributed by atoms with Crippen LogP contribution < -0.4 is 4.90 Å². The van der Waals surface area contributed by atoms with Crippen molar-refractivity contribution in [2.75, 3.05) is 23.9 Å². The molecule has 1 saturated heterocycles. The lowest BCUT2D eigenvalue weighted by molar-refractivity contribution is -0.139. The Morgan fingerprint density at radius 2 is 1.64 bits per heavy atom. The third-order valence-electron chi connectivity index (χ3n) is 4.67. The molecule has 1 atom stereocenters. The molecule has 1 aliphatic heterocycles. The maximum atomic E-state index is 12.9. The normalized spacial score (nSPS) is 15.5. The molecule has 2 aromatic carbocycles. The van der Waals surface area contributed by atoms with E-state index in [1.54, 1.807) is 6.92 Å². The van der Waals surface area contributed by atoms with E-state index >= 15 is 0 Å².